The van der Waals surface area contributed by atoms with E-state index in [0.717, 1.165) is 0 Å². The molecule has 0 spiro atoms. The van der Waals surface area contributed by atoms with E-state index in [-0.39, 0.29) is 12.4 Å². The van der Waals surface area contributed by atoms with Crippen LogP contribution in [0.4, 0.5) is 5.82 Å². The van der Waals surface area contributed by atoms with Crippen LogP contribution in [0, 0.1) is 0 Å². The molecule has 0 aromatic carbocycles. The zero-order valence-corrected chi connectivity index (χ0v) is 10.4. The number of rotatable bonds is 3. The fourth-order valence-electron chi connectivity index (χ4n) is 2.30. The molecular formula is C10H12N8O2. The molecule has 104 valence electrons. The van der Waals surface area contributed by atoms with Crippen molar-refractivity contribution in [3.05, 3.63) is 23.1 Å². The van der Waals surface area contributed by atoms with Gasteiger partial charge in [0.25, 0.3) is 0 Å². The second-order valence-electron chi connectivity index (χ2n) is 4.49. The minimum atomic E-state index is -1.23. The van der Waals surface area contributed by atoms with Crippen molar-refractivity contribution in [3.8, 4) is 0 Å². The molecule has 10 heteroatoms. The molecule has 0 saturated carbocycles. The Balaban J connectivity index is 1.98. The number of azide groups is 1. The summed E-state index contributed by atoms with van der Waals surface area (Å²) in [5, 5.41) is 12.9. The molecule has 2 aromatic heterocycles. The number of nitrogen functional groups attached to an aromatic ring is 1. The van der Waals surface area contributed by atoms with Gasteiger partial charge in [0.05, 0.1) is 12.9 Å². The average Bonchev–Trinajstić information content (AvgIpc) is 3.04. The third-order valence-corrected chi connectivity index (χ3v) is 3.31. The summed E-state index contributed by atoms with van der Waals surface area (Å²) in [6.45, 7) is -0.378. The molecule has 3 rings (SSSR count). The predicted octanol–water partition coefficient (Wildman–Crippen LogP) is 0.716. The highest BCUT2D eigenvalue weighted by Gasteiger charge is 2.40. The van der Waals surface area contributed by atoms with Gasteiger partial charge < -0.3 is 15.6 Å². The Morgan fingerprint density at radius 2 is 2.45 bits per heavy atom. The first-order valence-electron chi connectivity index (χ1n) is 5.97. The van der Waals surface area contributed by atoms with Gasteiger partial charge in [-0.15, -0.1) is 0 Å². The van der Waals surface area contributed by atoms with Crippen LogP contribution >= 0.6 is 0 Å². The van der Waals surface area contributed by atoms with Gasteiger partial charge in [-0.3, -0.25) is 4.57 Å². The van der Waals surface area contributed by atoms with Gasteiger partial charge in [0.15, 0.2) is 17.2 Å². The zero-order chi connectivity index (χ0) is 14.2. The molecule has 2 atom stereocenters. The SMILES string of the molecule is [N-]=[N+]=N[C@@]1(CO)CCC(n2cnc3c(N)ncnc32)O1. The second-order valence-corrected chi connectivity index (χ2v) is 4.49. The summed E-state index contributed by atoms with van der Waals surface area (Å²) < 4.78 is 7.37. The van der Waals surface area contributed by atoms with Crippen molar-refractivity contribution in [3.63, 3.8) is 0 Å². The van der Waals surface area contributed by atoms with Crippen molar-refractivity contribution >= 4 is 17.0 Å². The van der Waals surface area contributed by atoms with E-state index in [9.17, 15) is 5.11 Å². The topological polar surface area (TPSA) is 148 Å². The molecule has 0 amide bonds. The van der Waals surface area contributed by atoms with Crippen molar-refractivity contribution < 1.29 is 9.84 Å². The van der Waals surface area contributed by atoms with Gasteiger partial charge in [-0.1, -0.05) is 5.11 Å². The lowest BCUT2D eigenvalue weighted by Gasteiger charge is -2.21. The van der Waals surface area contributed by atoms with Crippen molar-refractivity contribution in [2.24, 2.45) is 5.11 Å². The van der Waals surface area contributed by atoms with Gasteiger partial charge in [0.1, 0.15) is 18.1 Å². The predicted molar refractivity (Wildman–Crippen MR) is 68.1 cm³/mol. The number of aromatic nitrogens is 4. The molecule has 1 saturated heterocycles. The fourth-order valence-corrected chi connectivity index (χ4v) is 2.30. The first-order valence-corrected chi connectivity index (χ1v) is 5.97. The lowest BCUT2D eigenvalue weighted by Crippen LogP contribution is -2.30. The quantitative estimate of drug-likeness (QED) is 0.479. The monoisotopic (exact) mass is 276 g/mol. The summed E-state index contributed by atoms with van der Waals surface area (Å²) in [6, 6.07) is 0. The maximum atomic E-state index is 9.36. The largest absolute Gasteiger partial charge is 0.393 e. The van der Waals surface area contributed by atoms with Gasteiger partial charge in [0, 0.05) is 4.91 Å². The first-order chi connectivity index (χ1) is 9.69. The highest BCUT2D eigenvalue weighted by molar-refractivity contribution is 5.81. The van der Waals surface area contributed by atoms with E-state index in [0.29, 0.717) is 24.0 Å². The van der Waals surface area contributed by atoms with Crippen molar-refractivity contribution in [2.45, 2.75) is 24.8 Å². The second kappa shape index (κ2) is 4.60. The molecule has 1 aliphatic rings. The van der Waals surface area contributed by atoms with Gasteiger partial charge >= 0.3 is 0 Å². The van der Waals surface area contributed by atoms with Crippen molar-refractivity contribution in [2.75, 3.05) is 12.3 Å². The lowest BCUT2D eigenvalue weighted by molar-refractivity contribution is -0.0925. The van der Waals surface area contributed by atoms with Gasteiger partial charge in [-0.2, -0.15) is 0 Å². The van der Waals surface area contributed by atoms with E-state index in [1.54, 1.807) is 10.9 Å². The number of fused-ring (bicyclic) bond motifs is 1. The Labute approximate surface area is 112 Å². The van der Waals surface area contributed by atoms with E-state index in [1.807, 2.05) is 0 Å². The van der Waals surface area contributed by atoms with Crippen LogP contribution in [-0.4, -0.2) is 37.0 Å². The zero-order valence-electron chi connectivity index (χ0n) is 10.4. The minimum Gasteiger partial charge on any atom is -0.393 e. The van der Waals surface area contributed by atoms with Crippen LogP contribution in [0.5, 0.6) is 0 Å². The third-order valence-electron chi connectivity index (χ3n) is 3.31. The molecule has 1 fully saturated rings. The van der Waals surface area contributed by atoms with Gasteiger partial charge in [0.2, 0.25) is 0 Å². The summed E-state index contributed by atoms with van der Waals surface area (Å²) in [6.07, 6.45) is 3.45. The molecule has 1 aliphatic heterocycles. The molecule has 1 unspecified atom stereocenters. The Kier molecular flexibility index (Phi) is 2.90. The van der Waals surface area contributed by atoms with Gasteiger partial charge in [-0.05, 0) is 18.4 Å². The highest BCUT2D eigenvalue weighted by Crippen LogP contribution is 2.38. The van der Waals surface area contributed by atoms with E-state index in [4.69, 9.17) is 16.0 Å². The van der Waals surface area contributed by atoms with E-state index < -0.39 is 12.0 Å². The number of aliphatic hydroxyl groups is 1. The number of nitrogens with two attached hydrogens (primary N) is 1. The number of hydrogen-bond donors (Lipinski definition) is 2. The Morgan fingerprint density at radius 3 is 3.20 bits per heavy atom. The first kappa shape index (κ1) is 12.6. The van der Waals surface area contributed by atoms with Crippen LogP contribution in [0.25, 0.3) is 21.6 Å². The molecule has 0 bridgehead atoms. The number of nitrogens with zero attached hydrogens (tertiary/aromatic N) is 7. The number of hydrogen-bond acceptors (Lipinski definition) is 7. The van der Waals surface area contributed by atoms with E-state index in [2.05, 4.69) is 25.0 Å². The number of ether oxygens (including phenoxy) is 1. The van der Waals surface area contributed by atoms with Crippen LogP contribution in [0.15, 0.2) is 17.8 Å². The maximum absolute atomic E-state index is 9.36. The standard InChI is InChI=1S/C10H12N8O2/c11-8-7-9(14-4-13-8)18(5-15-7)6-1-2-10(3-19,20-6)16-17-12/h4-6,19H,1-3H2,(H2,11,13,14)/t6?,10-/m0/s1. The highest BCUT2D eigenvalue weighted by atomic mass is 16.6. The summed E-state index contributed by atoms with van der Waals surface area (Å²) >= 11 is 0. The normalized spacial score (nSPS) is 25.8. The lowest BCUT2D eigenvalue weighted by atomic mass is 10.1. The molecule has 20 heavy (non-hydrogen) atoms. The summed E-state index contributed by atoms with van der Waals surface area (Å²) in [5.41, 5.74) is 14.1. The average molecular weight is 276 g/mol. The Hall–Kier alpha value is -2.42. The molecule has 10 nitrogen and oxygen atoms in total. The molecule has 0 aliphatic carbocycles. The van der Waals surface area contributed by atoms with Crippen LogP contribution in [0.3, 0.4) is 0 Å². The smallest absolute Gasteiger partial charge is 0.172 e. The van der Waals surface area contributed by atoms with Crippen LogP contribution in [0.2, 0.25) is 0 Å². The third kappa shape index (κ3) is 1.83. The maximum Gasteiger partial charge on any atom is 0.172 e. The summed E-state index contributed by atoms with van der Waals surface area (Å²) in [4.78, 5) is 14.9. The van der Waals surface area contributed by atoms with E-state index in [1.165, 1.54) is 6.33 Å². The number of aliphatic hydroxyl groups excluding tert-OH is 1. The number of anilines is 1. The molecule has 2 aromatic rings. The molecule has 3 N–H and O–H groups in total. The summed E-state index contributed by atoms with van der Waals surface area (Å²) in [5.74, 6) is 0.287. The Bertz CT molecular complexity index is 694. The van der Waals surface area contributed by atoms with E-state index >= 15 is 0 Å². The molecular weight excluding hydrogens is 264 g/mol. The molecule has 0 radical (unpaired) electrons. The summed E-state index contributed by atoms with van der Waals surface area (Å²) in [7, 11) is 0. The minimum absolute atomic E-state index is 0.287. The van der Waals surface area contributed by atoms with Gasteiger partial charge in [-0.25, -0.2) is 15.0 Å². The fraction of sp³-hybridized carbons (Fsp3) is 0.500. The molecule has 3 heterocycles. The van der Waals surface area contributed by atoms with Crippen molar-refractivity contribution in [1.82, 2.24) is 19.5 Å². The number of imidazole rings is 1. The van der Waals surface area contributed by atoms with Crippen LogP contribution in [0.1, 0.15) is 19.1 Å². The Morgan fingerprint density at radius 1 is 1.60 bits per heavy atom. The van der Waals surface area contributed by atoms with Crippen LogP contribution < -0.4 is 5.73 Å². The van der Waals surface area contributed by atoms with Crippen LogP contribution in [-0.2, 0) is 4.74 Å². The van der Waals surface area contributed by atoms with Crippen molar-refractivity contribution in [1.29, 1.82) is 0 Å².